The number of aliphatic hydroxyl groups excluding tert-OH is 3. The molecular weight excluding hydrogens is 846 g/mol. The summed E-state index contributed by atoms with van der Waals surface area (Å²) in [5.74, 6) is -1.94. The molecule has 16 nitrogen and oxygen atoms in total. The molecule has 358 valence electrons. The van der Waals surface area contributed by atoms with Crippen molar-refractivity contribution in [2.75, 3.05) is 26.4 Å². The molecule has 1 fully saturated rings. The molecule has 7 atom stereocenters. The summed E-state index contributed by atoms with van der Waals surface area (Å²) in [5, 5.41) is 30.6. The first-order chi connectivity index (χ1) is 29.6. The number of hydrogen-bond donors (Lipinski definition) is 6. The van der Waals surface area contributed by atoms with Crippen molar-refractivity contribution in [3.05, 3.63) is 48.6 Å². The normalized spacial score (nSPS) is 19.8. The van der Waals surface area contributed by atoms with Crippen molar-refractivity contribution in [2.45, 2.75) is 173 Å². The average Bonchev–Trinajstić information content (AvgIpc) is 3.49. The molecule has 0 aromatic rings. The van der Waals surface area contributed by atoms with Crippen LogP contribution >= 0.6 is 15.6 Å². The van der Waals surface area contributed by atoms with E-state index in [1.807, 2.05) is 0 Å². The van der Waals surface area contributed by atoms with Gasteiger partial charge < -0.3 is 39.5 Å². The number of rotatable bonds is 38. The Hall–Kier alpha value is -2.33. The molecule has 0 aromatic heterocycles. The lowest BCUT2D eigenvalue weighted by atomic mass is 9.88. The van der Waals surface area contributed by atoms with E-state index in [0.29, 0.717) is 44.9 Å². The molecule has 18 heteroatoms. The molecule has 0 amide bonds. The smallest absolute Gasteiger partial charge is 0.462 e. The molecule has 0 heterocycles. The lowest BCUT2D eigenvalue weighted by molar-refractivity contribution is -0.161. The van der Waals surface area contributed by atoms with E-state index in [1.165, 1.54) is 0 Å². The Bertz CT molecular complexity index is 1440. The minimum absolute atomic E-state index is 0.0148. The number of esters is 2. The molecule has 1 rings (SSSR count). The molecule has 62 heavy (non-hydrogen) atoms. The van der Waals surface area contributed by atoms with Crippen LogP contribution in [-0.4, -0.2) is 98.6 Å². The third-order valence-electron chi connectivity index (χ3n) is 10.1. The van der Waals surface area contributed by atoms with Crippen LogP contribution in [0.4, 0.5) is 0 Å². The van der Waals surface area contributed by atoms with Gasteiger partial charge in [0.1, 0.15) is 18.5 Å². The molecule has 0 spiro atoms. The van der Waals surface area contributed by atoms with Crippen molar-refractivity contribution >= 4 is 33.4 Å². The number of ether oxygens (including phenoxy) is 2. The number of phosphoric ester groups is 2. The zero-order valence-electron chi connectivity index (χ0n) is 36.9. The van der Waals surface area contributed by atoms with Gasteiger partial charge in [0.15, 0.2) is 6.10 Å². The SMILES string of the molecule is CC/C=C\C/C=C\C/C=C\CCCCCCCC(=O)OC[C@H](COP(=O)(O)OC[C@@H](O)COP(=O)(O)O)OC(=O)CCCCCC[C@H]1[C@@H](O)CC(=O)[C@@H]1/C=C/[C@@H](O)CCCCC. The van der Waals surface area contributed by atoms with Crippen LogP contribution in [0.3, 0.4) is 0 Å². The molecule has 6 N–H and O–H groups in total. The fourth-order valence-corrected chi connectivity index (χ4v) is 7.83. The zero-order valence-corrected chi connectivity index (χ0v) is 38.7. The maximum atomic E-state index is 12.8. The van der Waals surface area contributed by atoms with Crippen molar-refractivity contribution in [3.63, 3.8) is 0 Å². The van der Waals surface area contributed by atoms with Gasteiger partial charge >= 0.3 is 27.6 Å². The van der Waals surface area contributed by atoms with Gasteiger partial charge in [0.05, 0.1) is 32.0 Å². The van der Waals surface area contributed by atoms with Gasteiger partial charge in [-0.05, 0) is 63.7 Å². The van der Waals surface area contributed by atoms with Crippen LogP contribution in [0.15, 0.2) is 48.6 Å². The van der Waals surface area contributed by atoms with Crippen LogP contribution in [0, 0.1) is 11.8 Å². The van der Waals surface area contributed by atoms with Crippen molar-refractivity contribution < 1.29 is 76.6 Å². The maximum absolute atomic E-state index is 12.8. The highest BCUT2D eigenvalue weighted by molar-refractivity contribution is 7.47. The minimum Gasteiger partial charge on any atom is -0.462 e. The summed E-state index contributed by atoms with van der Waals surface area (Å²) >= 11 is 0. The fourth-order valence-electron chi connectivity index (χ4n) is 6.68. The Morgan fingerprint density at radius 2 is 1.32 bits per heavy atom. The highest BCUT2D eigenvalue weighted by Gasteiger charge is 2.39. The van der Waals surface area contributed by atoms with Crippen molar-refractivity contribution in [1.29, 1.82) is 0 Å². The molecule has 1 aliphatic rings. The number of phosphoric acid groups is 2. The second-order valence-corrected chi connectivity index (χ2v) is 18.4. The second kappa shape index (κ2) is 35.0. The summed E-state index contributed by atoms with van der Waals surface area (Å²) in [6.45, 7) is 1.25. The van der Waals surface area contributed by atoms with E-state index in [-0.39, 0.29) is 31.0 Å². The Kier molecular flexibility index (Phi) is 32.6. The maximum Gasteiger partial charge on any atom is 0.472 e. The first kappa shape index (κ1) is 57.7. The van der Waals surface area contributed by atoms with Gasteiger partial charge in [0.2, 0.25) is 0 Å². The van der Waals surface area contributed by atoms with Gasteiger partial charge in [0.25, 0.3) is 0 Å². The topological polar surface area (TPSA) is 253 Å². The zero-order chi connectivity index (χ0) is 46.1. The largest absolute Gasteiger partial charge is 0.472 e. The molecular formula is C44H76O16P2. The summed E-state index contributed by atoms with van der Waals surface area (Å²) in [5.41, 5.74) is 0. The number of Topliss-reactive ketones (excluding diaryl/α,β-unsaturated/α-hetero) is 1. The van der Waals surface area contributed by atoms with Crippen molar-refractivity contribution in [1.82, 2.24) is 0 Å². The number of allylic oxidation sites excluding steroid dienone is 7. The Morgan fingerprint density at radius 3 is 2.00 bits per heavy atom. The number of aliphatic hydroxyl groups is 3. The third-order valence-corrected chi connectivity index (χ3v) is 11.5. The third kappa shape index (κ3) is 31.5. The van der Waals surface area contributed by atoms with Crippen LogP contribution in [0.5, 0.6) is 0 Å². The quantitative estimate of drug-likeness (QED) is 0.0148. The number of ketones is 1. The van der Waals surface area contributed by atoms with Gasteiger partial charge in [-0.15, -0.1) is 0 Å². The highest BCUT2D eigenvalue weighted by atomic mass is 31.2. The van der Waals surface area contributed by atoms with Crippen molar-refractivity contribution in [3.8, 4) is 0 Å². The molecule has 0 bridgehead atoms. The molecule has 0 aliphatic heterocycles. The Labute approximate surface area is 369 Å². The van der Waals surface area contributed by atoms with Crippen molar-refractivity contribution in [2.24, 2.45) is 11.8 Å². The summed E-state index contributed by atoms with van der Waals surface area (Å²) < 4.78 is 47.8. The highest BCUT2D eigenvalue weighted by Crippen LogP contribution is 2.44. The summed E-state index contributed by atoms with van der Waals surface area (Å²) in [6.07, 6.45) is 27.2. The van der Waals surface area contributed by atoms with E-state index in [0.717, 1.165) is 70.6 Å². The average molecular weight is 923 g/mol. The predicted molar refractivity (Wildman–Crippen MR) is 235 cm³/mol. The van der Waals surface area contributed by atoms with Gasteiger partial charge in [0, 0.05) is 25.2 Å². The van der Waals surface area contributed by atoms with Crippen LogP contribution in [0.25, 0.3) is 0 Å². The lowest BCUT2D eigenvalue weighted by Crippen LogP contribution is -2.30. The first-order valence-electron chi connectivity index (χ1n) is 22.4. The fraction of sp³-hybridized carbons (Fsp3) is 0.750. The van der Waals surface area contributed by atoms with E-state index >= 15 is 0 Å². The monoisotopic (exact) mass is 922 g/mol. The molecule has 1 unspecified atom stereocenters. The van der Waals surface area contributed by atoms with E-state index < -0.39 is 84.3 Å². The number of carbonyl (C=O) groups excluding carboxylic acids is 3. The molecule has 0 aromatic carbocycles. The minimum atomic E-state index is -4.90. The molecule has 1 saturated carbocycles. The molecule has 0 radical (unpaired) electrons. The van der Waals surface area contributed by atoms with Crippen LogP contribution in [-0.2, 0) is 46.6 Å². The van der Waals surface area contributed by atoms with Crippen LogP contribution < -0.4 is 0 Å². The summed E-state index contributed by atoms with van der Waals surface area (Å²) in [6, 6.07) is 0. The predicted octanol–water partition coefficient (Wildman–Crippen LogP) is 8.04. The molecule has 1 aliphatic carbocycles. The van der Waals surface area contributed by atoms with E-state index in [4.69, 9.17) is 23.8 Å². The van der Waals surface area contributed by atoms with E-state index in [2.05, 4.69) is 59.4 Å². The number of carbonyl (C=O) groups is 3. The standard InChI is InChI=1S/C44H76O16P2/c1-3-5-7-8-9-10-11-12-13-14-15-16-17-18-23-27-43(49)56-34-38(35-59-62(54,55)58-33-37(46)32-57-61(51,52)53)60-44(50)28-24-20-19-22-26-39-40(42(48)31-41(39)47)30-29-36(45)25-21-6-4-2/h5,7,9-10,12-13,29-30,36-41,45-47H,3-4,6,8,11,14-28,31-35H2,1-2H3,(H,54,55)(H2,51,52,53)/b7-5-,10-9-,13-12-,30-29+/t36-,37-,38+,39+,40+,41-/m0/s1. The van der Waals surface area contributed by atoms with Crippen LogP contribution in [0.2, 0.25) is 0 Å². The Balaban J connectivity index is 2.55. The van der Waals surface area contributed by atoms with Gasteiger partial charge in [-0.2, -0.15) is 0 Å². The Morgan fingerprint density at radius 1 is 0.726 bits per heavy atom. The van der Waals surface area contributed by atoms with Gasteiger partial charge in [-0.25, -0.2) is 9.13 Å². The van der Waals surface area contributed by atoms with E-state index in [9.17, 15) is 43.7 Å². The summed E-state index contributed by atoms with van der Waals surface area (Å²) in [7, 11) is -9.78. The first-order valence-corrected chi connectivity index (χ1v) is 25.5. The van der Waals surface area contributed by atoms with Gasteiger partial charge in [-0.1, -0.05) is 120 Å². The van der Waals surface area contributed by atoms with Crippen LogP contribution in [0.1, 0.15) is 149 Å². The number of unbranched alkanes of at least 4 members (excludes halogenated alkanes) is 10. The van der Waals surface area contributed by atoms with E-state index in [1.54, 1.807) is 12.2 Å². The summed E-state index contributed by atoms with van der Waals surface area (Å²) in [4.78, 5) is 65.5. The lowest BCUT2D eigenvalue weighted by Gasteiger charge is -2.20. The second-order valence-electron chi connectivity index (χ2n) is 15.7. The molecule has 0 saturated heterocycles. The number of hydrogen-bond acceptors (Lipinski definition) is 13. The van der Waals surface area contributed by atoms with Gasteiger partial charge in [-0.3, -0.25) is 28.0 Å².